The maximum absolute atomic E-state index is 11.7. The molecule has 0 aliphatic rings. The van der Waals surface area contributed by atoms with Gasteiger partial charge in [0.15, 0.2) is 6.29 Å². The number of hydrogen-bond donors (Lipinski definition) is 2. The van der Waals surface area contributed by atoms with Crippen LogP contribution in [0.15, 0.2) is 24.3 Å². The average Bonchev–Trinajstić information content (AvgIpc) is 2.46. The summed E-state index contributed by atoms with van der Waals surface area (Å²) >= 11 is 0. The van der Waals surface area contributed by atoms with Gasteiger partial charge in [-0.3, -0.25) is 10.1 Å². The molecule has 1 aromatic rings. The summed E-state index contributed by atoms with van der Waals surface area (Å²) in [5, 5.41) is 15.7. The zero-order valence-corrected chi connectivity index (χ0v) is 12.0. The normalized spacial score (nSPS) is 10.4. The van der Waals surface area contributed by atoms with Gasteiger partial charge in [0.2, 0.25) is 0 Å². The van der Waals surface area contributed by atoms with E-state index in [0.717, 1.165) is 0 Å². The van der Waals surface area contributed by atoms with Crippen LogP contribution < -0.4 is 10.6 Å². The number of amides is 2. The highest BCUT2D eigenvalue weighted by Gasteiger charge is 2.10. The van der Waals surface area contributed by atoms with Gasteiger partial charge in [0, 0.05) is 31.0 Å². The van der Waals surface area contributed by atoms with Crippen LogP contribution in [0.25, 0.3) is 0 Å². The summed E-state index contributed by atoms with van der Waals surface area (Å²) in [6.07, 6.45) is -0.498. The van der Waals surface area contributed by atoms with Gasteiger partial charge in [-0.2, -0.15) is 0 Å². The molecule has 21 heavy (non-hydrogen) atoms. The lowest BCUT2D eigenvalue weighted by Crippen LogP contribution is -2.37. The molecule has 0 unspecified atom stereocenters. The van der Waals surface area contributed by atoms with Gasteiger partial charge in [0.25, 0.3) is 5.69 Å². The minimum absolute atomic E-state index is 0.0336. The van der Waals surface area contributed by atoms with Crippen molar-refractivity contribution in [1.29, 1.82) is 0 Å². The van der Waals surface area contributed by atoms with Crippen LogP contribution in [0.3, 0.4) is 0 Å². The van der Waals surface area contributed by atoms with Crippen molar-refractivity contribution in [2.45, 2.75) is 20.1 Å². The Morgan fingerprint density at radius 1 is 1.24 bits per heavy atom. The summed E-state index contributed by atoms with van der Waals surface area (Å²) in [6, 6.07) is 5.12. The Hall–Kier alpha value is -2.19. The number of nitro groups is 1. The van der Waals surface area contributed by atoms with E-state index in [2.05, 4.69) is 10.6 Å². The number of nitrogens with zero attached hydrogens (tertiary/aromatic N) is 1. The quantitative estimate of drug-likeness (QED) is 0.434. The van der Waals surface area contributed by atoms with Crippen LogP contribution in [0.5, 0.6) is 0 Å². The van der Waals surface area contributed by atoms with Gasteiger partial charge < -0.3 is 20.1 Å². The van der Waals surface area contributed by atoms with Gasteiger partial charge in [0.05, 0.1) is 11.5 Å². The fourth-order valence-electron chi connectivity index (χ4n) is 1.56. The number of nitro benzene ring substituents is 1. The highest BCUT2D eigenvalue weighted by molar-refractivity contribution is 5.89. The third kappa shape index (κ3) is 6.19. The first kappa shape index (κ1) is 16.9. The van der Waals surface area contributed by atoms with Gasteiger partial charge in [-0.15, -0.1) is 0 Å². The van der Waals surface area contributed by atoms with E-state index in [1.165, 1.54) is 24.3 Å². The van der Waals surface area contributed by atoms with Gasteiger partial charge in [-0.1, -0.05) is 0 Å². The number of rotatable bonds is 8. The SMILES string of the molecule is CCOC(CNC(=O)Nc1ccc([N+](=O)[O-])cc1)OCC. The average molecular weight is 297 g/mol. The zero-order valence-electron chi connectivity index (χ0n) is 12.0. The van der Waals surface area contributed by atoms with E-state index >= 15 is 0 Å². The molecule has 2 amide bonds. The lowest BCUT2D eigenvalue weighted by molar-refractivity contribution is -0.384. The Morgan fingerprint density at radius 3 is 2.29 bits per heavy atom. The third-order valence-electron chi connectivity index (χ3n) is 2.47. The largest absolute Gasteiger partial charge is 0.351 e. The lowest BCUT2D eigenvalue weighted by atomic mass is 10.3. The maximum atomic E-state index is 11.7. The molecule has 0 heterocycles. The fourth-order valence-corrected chi connectivity index (χ4v) is 1.56. The first-order valence-corrected chi connectivity index (χ1v) is 6.59. The summed E-state index contributed by atoms with van der Waals surface area (Å²) in [5.41, 5.74) is 0.427. The monoisotopic (exact) mass is 297 g/mol. The minimum atomic E-state index is -0.501. The fraction of sp³-hybridized carbons (Fsp3) is 0.462. The second-order valence-electron chi connectivity index (χ2n) is 3.98. The molecule has 8 nitrogen and oxygen atoms in total. The van der Waals surface area contributed by atoms with Crippen molar-refractivity contribution in [3.05, 3.63) is 34.4 Å². The van der Waals surface area contributed by atoms with E-state index in [4.69, 9.17) is 9.47 Å². The minimum Gasteiger partial charge on any atom is -0.351 e. The molecular formula is C13H19N3O5. The van der Waals surface area contributed by atoms with E-state index in [0.29, 0.717) is 18.9 Å². The molecule has 2 N–H and O–H groups in total. The Bertz CT molecular complexity index is 457. The standard InChI is InChI=1S/C13H19N3O5/c1-3-20-12(21-4-2)9-14-13(17)15-10-5-7-11(8-6-10)16(18)19/h5-8,12H,3-4,9H2,1-2H3,(H2,14,15,17). The van der Waals surface area contributed by atoms with E-state index in [1.807, 2.05) is 13.8 Å². The van der Waals surface area contributed by atoms with E-state index in [1.54, 1.807) is 0 Å². The Labute approximate surface area is 122 Å². The number of carbonyl (C=O) groups is 1. The Morgan fingerprint density at radius 2 is 1.81 bits per heavy atom. The van der Waals surface area contributed by atoms with Crippen LogP contribution in [0, 0.1) is 10.1 Å². The third-order valence-corrected chi connectivity index (χ3v) is 2.47. The molecule has 0 aliphatic carbocycles. The van der Waals surface area contributed by atoms with E-state index in [-0.39, 0.29) is 12.2 Å². The molecule has 0 saturated carbocycles. The molecule has 0 spiro atoms. The summed E-state index contributed by atoms with van der Waals surface area (Å²) in [6.45, 7) is 4.85. The second kappa shape index (κ2) is 8.88. The number of ether oxygens (including phenoxy) is 2. The van der Waals surface area contributed by atoms with Crippen molar-refractivity contribution in [2.24, 2.45) is 0 Å². The van der Waals surface area contributed by atoms with Crippen molar-refractivity contribution in [3.8, 4) is 0 Å². The Balaban J connectivity index is 2.43. The predicted octanol–water partition coefficient (Wildman–Crippen LogP) is 2.12. The first-order valence-electron chi connectivity index (χ1n) is 6.59. The molecule has 116 valence electrons. The van der Waals surface area contributed by atoms with Crippen LogP contribution in [-0.2, 0) is 9.47 Å². The molecular weight excluding hydrogens is 278 g/mol. The summed E-state index contributed by atoms with van der Waals surface area (Å²) in [7, 11) is 0. The smallest absolute Gasteiger partial charge is 0.319 e. The molecule has 0 aromatic heterocycles. The van der Waals surface area contributed by atoms with Crippen LogP contribution in [0.1, 0.15) is 13.8 Å². The van der Waals surface area contributed by atoms with E-state index < -0.39 is 17.2 Å². The molecule has 0 fully saturated rings. The van der Waals surface area contributed by atoms with Crippen LogP contribution in [0.4, 0.5) is 16.2 Å². The summed E-state index contributed by atoms with van der Waals surface area (Å²) in [4.78, 5) is 21.7. The number of benzene rings is 1. The van der Waals surface area contributed by atoms with Crippen LogP contribution in [0.2, 0.25) is 0 Å². The lowest BCUT2D eigenvalue weighted by Gasteiger charge is -2.17. The number of carbonyl (C=O) groups excluding carboxylic acids is 1. The molecule has 0 aliphatic heterocycles. The molecule has 0 atom stereocenters. The van der Waals surface area contributed by atoms with Crippen molar-refractivity contribution in [3.63, 3.8) is 0 Å². The van der Waals surface area contributed by atoms with Gasteiger partial charge in [0.1, 0.15) is 0 Å². The topological polar surface area (TPSA) is 103 Å². The molecule has 1 aromatic carbocycles. The maximum Gasteiger partial charge on any atom is 0.319 e. The van der Waals surface area contributed by atoms with Crippen molar-refractivity contribution in [1.82, 2.24) is 5.32 Å². The number of urea groups is 1. The molecule has 0 bridgehead atoms. The van der Waals surface area contributed by atoms with Crippen molar-refractivity contribution >= 4 is 17.4 Å². The number of hydrogen-bond acceptors (Lipinski definition) is 5. The van der Waals surface area contributed by atoms with E-state index in [9.17, 15) is 14.9 Å². The summed E-state index contributed by atoms with van der Waals surface area (Å²) in [5.74, 6) is 0. The predicted molar refractivity (Wildman–Crippen MR) is 77.2 cm³/mol. The molecule has 0 saturated heterocycles. The highest BCUT2D eigenvalue weighted by atomic mass is 16.7. The van der Waals surface area contributed by atoms with Crippen LogP contribution >= 0.6 is 0 Å². The number of anilines is 1. The number of nitrogens with one attached hydrogen (secondary N) is 2. The zero-order chi connectivity index (χ0) is 15.7. The first-order chi connectivity index (χ1) is 10.1. The van der Waals surface area contributed by atoms with Gasteiger partial charge >= 0.3 is 6.03 Å². The van der Waals surface area contributed by atoms with Crippen molar-refractivity contribution < 1.29 is 19.2 Å². The van der Waals surface area contributed by atoms with Crippen LogP contribution in [-0.4, -0.2) is 37.0 Å². The number of non-ortho nitro benzene ring substituents is 1. The highest BCUT2D eigenvalue weighted by Crippen LogP contribution is 2.15. The second-order valence-corrected chi connectivity index (χ2v) is 3.98. The molecule has 0 radical (unpaired) electrons. The van der Waals surface area contributed by atoms with Gasteiger partial charge in [-0.25, -0.2) is 4.79 Å². The molecule has 1 rings (SSSR count). The summed E-state index contributed by atoms with van der Waals surface area (Å²) < 4.78 is 10.6. The molecule has 8 heteroatoms. The van der Waals surface area contributed by atoms with Crippen molar-refractivity contribution in [2.75, 3.05) is 25.1 Å². The van der Waals surface area contributed by atoms with Gasteiger partial charge in [-0.05, 0) is 26.0 Å². The Kier molecular flexibility index (Phi) is 7.13.